The number of hydrogen-bond acceptors (Lipinski definition) is 3. The molecule has 1 aliphatic heterocycles. The molecule has 0 saturated heterocycles. The molecule has 0 aliphatic carbocycles. The zero-order valence-electron chi connectivity index (χ0n) is 10.9. The predicted molar refractivity (Wildman–Crippen MR) is 85.1 cm³/mol. The van der Waals surface area contributed by atoms with Crippen LogP contribution in [0, 0.1) is 0 Å². The summed E-state index contributed by atoms with van der Waals surface area (Å²) >= 11 is 6.06. The van der Waals surface area contributed by atoms with Crippen molar-refractivity contribution in [3.63, 3.8) is 0 Å². The molecule has 0 amide bonds. The third-order valence-electron chi connectivity index (χ3n) is 3.39. The highest BCUT2D eigenvalue weighted by molar-refractivity contribution is 8.13. The van der Waals surface area contributed by atoms with Crippen molar-refractivity contribution >= 4 is 37.0 Å². The first-order valence-corrected chi connectivity index (χ1v) is 9.02. The summed E-state index contributed by atoms with van der Waals surface area (Å²) in [6.45, 7) is 0.708. The summed E-state index contributed by atoms with van der Waals surface area (Å²) in [5.74, 6) is 0. The second kappa shape index (κ2) is 5.44. The van der Waals surface area contributed by atoms with Gasteiger partial charge in [0, 0.05) is 33.4 Å². The van der Waals surface area contributed by atoms with E-state index < -0.39 is 9.05 Å². The fourth-order valence-corrected chi connectivity index (χ4v) is 3.32. The maximum Gasteiger partial charge on any atom is 0.261 e. The van der Waals surface area contributed by atoms with Gasteiger partial charge in [-0.2, -0.15) is 0 Å². The van der Waals surface area contributed by atoms with Gasteiger partial charge in [-0.05, 0) is 36.2 Å². The maximum atomic E-state index is 11.3. The first-order chi connectivity index (χ1) is 9.95. The summed E-state index contributed by atoms with van der Waals surface area (Å²) < 4.78 is 22.6. The lowest BCUT2D eigenvalue weighted by atomic mass is 9.93. The highest BCUT2D eigenvalue weighted by Crippen LogP contribution is 2.25. The third kappa shape index (κ3) is 2.98. The van der Waals surface area contributed by atoms with Crippen LogP contribution in [0.5, 0.6) is 0 Å². The molecule has 3 rings (SSSR count). The minimum atomic E-state index is -3.71. The fourth-order valence-electron chi connectivity index (χ4n) is 2.38. The zero-order chi connectivity index (χ0) is 15.0. The monoisotopic (exact) mass is 339 g/mol. The lowest BCUT2D eigenvalue weighted by Gasteiger charge is -2.17. The fraction of sp³-hybridized carbons (Fsp3) is 0.133. The molecule has 0 fully saturated rings. The maximum absolute atomic E-state index is 11.3. The van der Waals surface area contributed by atoms with E-state index in [-0.39, 0.29) is 4.90 Å². The van der Waals surface area contributed by atoms with Gasteiger partial charge in [-0.15, -0.1) is 0 Å². The molecule has 0 radical (unpaired) electrons. The number of rotatable bonds is 2. The van der Waals surface area contributed by atoms with Crippen LogP contribution >= 0.6 is 22.3 Å². The average Bonchev–Trinajstić information content (AvgIpc) is 2.46. The second-order valence-corrected chi connectivity index (χ2v) is 7.75. The number of aliphatic imine (C=N–C) groups is 1. The molecule has 0 bridgehead atoms. The molecular formula is C15H11Cl2NO2S. The van der Waals surface area contributed by atoms with Crippen LogP contribution in [0.3, 0.4) is 0 Å². The number of hydrogen-bond donors (Lipinski definition) is 0. The van der Waals surface area contributed by atoms with E-state index in [9.17, 15) is 8.42 Å². The Balaban J connectivity index is 2.06. The molecule has 3 nitrogen and oxygen atoms in total. The van der Waals surface area contributed by atoms with E-state index in [0.29, 0.717) is 11.6 Å². The van der Waals surface area contributed by atoms with E-state index in [1.807, 2.05) is 18.2 Å². The molecular weight excluding hydrogens is 329 g/mol. The van der Waals surface area contributed by atoms with E-state index in [0.717, 1.165) is 23.3 Å². The molecule has 0 aromatic heterocycles. The van der Waals surface area contributed by atoms with E-state index in [1.54, 1.807) is 12.1 Å². The summed E-state index contributed by atoms with van der Waals surface area (Å²) in [5, 5.41) is 0.656. The van der Waals surface area contributed by atoms with E-state index in [1.165, 1.54) is 17.7 Å². The van der Waals surface area contributed by atoms with Crippen LogP contribution < -0.4 is 0 Å². The van der Waals surface area contributed by atoms with Gasteiger partial charge in [-0.3, -0.25) is 4.99 Å². The first kappa shape index (κ1) is 14.6. The minimum absolute atomic E-state index is 0.0793. The SMILES string of the molecule is O=S(=O)(Cl)c1ccc(C2=NCCc3ccc(Cl)cc32)cc1. The topological polar surface area (TPSA) is 46.5 Å². The van der Waals surface area contributed by atoms with Crippen LogP contribution in [0.25, 0.3) is 0 Å². The largest absolute Gasteiger partial charge is 0.284 e. The Morgan fingerprint density at radius 1 is 1.05 bits per heavy atom. The van der Waals surface area contributed by atoms with Crippen molar-refractivity contribution in [1.82, 2.24) is 0 Å². The predicted octanol–water partition coefficient (Wildman–Crippen LogP) is 3.66. The molecule has 0 N–H and O–H groups in total. The Morgan fingerprint density at radius 2 is 1.76 bits per heavy atom. The van der Waals surface area contributed by atoms with Crippen LogP contribution in [0.4, 0.5) is 0 Å². The molecule has 6 heteroatoms. The lowest BCUT2D eigenvalue weighted by Crippen LogP contribution is -2.14. The minimum Gasteiger partial charge on any atom is -0.284 e. The van der Waals surface area contributed by atoms with Gasteiger partial charge in [0.2, 0.25) is 0 Å². The van der Waals surface area contributed by atoms with Crippen molar-refractivity contribution in [2.75, 3.05) is 6.54 Å². The molecule has 1 aliphatic rings. The van der Waals surface area contributed by atoms with Crippen molar-refractivity contribution < 1.29 is 8.42 Å². The Morgan fingerprint density at radius 3 is 2.43 bits per heavy atom. The van der Waals surface area contributed by atoms with Crippen molar-refractivity contribution in [3.8, 4) is 0 Å². The number of nitrogens with zero attached hydrogens (tertiary/aromatic N) is 1. The molecule has 2 aromatic rings. The first-order valence-electron chi connectivity index (χ1n) is 6.33. The van der Waals surface area contributed by atoms with Gasteiger partial charge in [0.25, 0.3) is 9.05 Å². The molecule has 1 heterocycles. The average molecular weight is 340 g/mol. The van der Waals surface area contributed by atoms with Crippen LogP contribution in [-0.2, 0) is 15.5 Å². The summed E-state index contributed by atoms with van der Waals surface area (Å²) in [6.07, 6.45) is 0.879. The zero-order valence-corrected chi connectivity index (χ0v) is 13.2. The van der Waals surface area contributed by atoms with Gasteiger partial charge in [0.05, 0.1) is 10.6 Å². The van der Waals surface area contributed by atoms with Crippen molar-refractivity contribution in [2.45, 2.75) is 11.3 Å². The molecule has 0 saturated carbocycles. The number of fused-ring (bicyclic) bond motifs is 1. The normalized spacial score (nSPS) is 14.5. The van der Waals surface area contributed by atoms with E-state index >= 15 is 0 Å². The molecule has 0 spiro atoms. The Kier molecular flexibility index (Phi) is 3.78. The summed E-state index contributed by atoms with van der Waals surface area (Å²) in [7, 11) is 1.62. The van der Waals surface area contributed by atoms with Gasteiger partial charge in [0.15, 0.2) is 0 Å². The van der Waals surface area contributed by atoms with Crippen molar-refractivity contribution in [2.24, 2.45) is 4.99 Å². The molecule has 21 heavy (non-hydrogen) atoms. The van der Waals surface area contributed by atoms with Crippen LogP contribution in [-0.4, -0.2) is 20.7 Å². The van der Waals surface area contributed by atoms with Gasteiger partial charge < -0.3 is 0 Å². The van der Waals surface area contributed by atoms with Crippen LogP contribution in [0.1, 0.15) is 16.7 Å². The Bertz CT molecular complexity index is 827. The van der Waals surface area contributed by atoms with Crippen molar-refractivity contribution in [3.05, 3.63) is 64.2 Å². The quantitative estimate of drug-likeness (QED) is 0.784. The Hall–Kier alpha value is -1.36. The summed E-state index contributed by atoms with van der Waals surface area (Å²) in [6, 6.07) is 12.2. The van der Waals surface area contributed by atoms with Gasteiger partial charge in [-0.25, -0.2) is 8.42 Å². The lowest BCUT2D eigenvalue weighted by molar-refractivity contribution is 0.609. The second-order valence-electron chi connectivity index (χ2n) is 4.74. The molecule has 0 unspecified atom stereocenters. The van der Waals surface area contributed by atoms with Gasteiger partial charge >= 0.3 is 0 Å². The highest BCUT2D eigenvalue weighted by Gasteiger charge is 2.17. The highest BCUT2D eigenvalue weighted by atomic mass is 35.7. The molecule has 0 atom stereocenters. The summed E-state index contributed by atoms with van der Waals surface area (Å²) in [5.41, 5.74) is 3.87. The van der Waals surface area contributed by atoms with Crippen LogP contribution in [0.15, 0.2) is 52.4 Å². The molecule has 108 valence electrons. The number of halogens is 2. The standard InChI is InChI=1S/C15H11Cl2NO2S/c16-12-4-1-10-7-8-18-15(14(10)9-12)11-2-5-13(6-3-11)21(17,19)20/h1-6,9H,7-8H2. The Labute approximate surface area is 132 Å². The van der Waals surface area contributed by atoms with Gasteiger partial charge in [-0.1, -0.05) is 29.8 Å². The van der Waals surface area contributed by atoms with Crippen molar-refractivity contribution in [1.29, 1.82) is 0 Å². The van der Waals surface area contributed by atoms with Crippen LogP contribution in [0.2, 0.25) is 5.02 Å². The smallest absolute Gasteiger partial charge is 0.261 e. The van der Waals surface area contributed by atoms with E-state index in [4.69, 9.17) is 22.3 Å². The van der Waals surface area contributed by atoms with Gasteiger partial charge in [0.1, 0.15) is 0 Å². The molecule has 2 aromatic carbocycles. The van der Waals surface area contributed by atoms with E-state index in [2.05, 4.69) is 4.99 Å². The number of benzene rings is 2. The third-order valence-corrected chi connectivity index (χ3v) is 4.99. The summed E-state index contributed by atoms with van der Waals surface area (Å²) in [4.78, 5) is 4.63.